The Morgan fingerprint density at radius 1 is 1.22 bits per heavy atom. The normalized spacial score (nSPS) is 15.3. The van der Waals surface area contributed by atoms with E-state index < -0.39 is 0 Å². The molecular formula is C16H22N6O. The third-order valence-electron chi connectivity index (χ3n) is 4.10. The molecule has 1 amide bonds. The summed E-state index contributed by atoms with van der Waals surface area (Å²) >= 11 is 0. The Kier molecular flexibility index (Phi) is 5.18. The van der Waals surface area contributed by atoms with Crippen LogP contribution in [-0.2, 0) is 4.79 Å². The molecule has 0 atom stereocenters. The van der Waals surface area contributed by atoms with E-state index in [1.807, 2.05) is 18.3 Å². The van der Waals surface area contributed by atoms with Crippen LogP contribution in [0.2, 0.25) is 0 Å². The topological polar surface area (TPSA) is 84.7 Å². The summed E-state index contributed by atoms with van der Waals surface area (Å²) in [5.74, 6) is 1.82. The summed E-state index contributed by atoms with van der Waals surface area (Å²) in [6.07, 6.45) is 10.7. The van der Waals surface area contributed by atoms with Crippen molar-refractivity contribution in [3.05, 3.63) is 30.9 Å². The number of hydrogen-bond acceptors (Lipinski definition) is 5. The van der Waals surface area contributed by atoms with Crippen molar-refractivity contribution >= 4 is 11.7 Å². The van der Waals surface area contributed by atoms with Gasteiger partial charge >= 0.3 is 0 Å². The molecule has 2 heterocycles. The molecule has 1 saturated carbocycles. The van der Waals surface area contributed by atoms with E-state index in [2.05, 4.69) is 25.7 Å². The van der Waals surface area contributed by atoms with E-state index in [1.165, 1.54) is 25.6 Å². The first-order chi connectivity index (χ1) is 11.3. The minimum Gasteiger partial charge on any atom is -0.368 e. The van der Waals surface area contributed by atoms with E-state index >= 15 is 0 Å². The maximum atomic E-state index is 12.0. The van der Waals surface area contributed by atoms with Gasteiger partial charge in [-0.25, -0.2) is 14.6 Å². The fraction of sp³-hybridized carbons (Fsp3) is 0.500. The van der Waals surface area contributed by atoms with Gasteiger partial charge in [-0.3, -0.25) is 4.79 Å². The zero-order chi connectivity index (χ0) is 15.9. The number of nitrogens with one attached hydrogen (secondary N) is 2. The lowest BCUT2D eigenvalue weighted by molar-refractivity contribution is -0.125. The first-order valence-corrected chi connectivity index (χ1v) is 8.16. The zero-order valence-electron chi connectivity index (χ0n) is 13.1. The van der Waals surface area contributed by atoms with Crippen molar-refractivity contribution in [1.29, 1.82) is 0 Å². The van der Waals surface area contributed by atoms with Crippen molar-refractivity contribution in [1.82, 2.24) is 25.1 Å². The molecular weight excluding hydrogens is 292 g/mol. The first-order valence-electron chi connectivity index (χ1n) is 8.16. The van der Waals surface area contributed by atoms with Crippen molar-refractivity contribution in [2.24, 2.45) is 5.92 Å². The smallest absolute Gasteiger partial charge is 0.223 e. The van der Waals surface area contributed by atoms with Gasteiger partial charge in [0.15, 0.2) is 5.82 Å². The summed E-state index contributed by atoms with van der Waals surface area (Å²) in [5.41, 5.74) is 0. The molecule has 0 aromatic carbocycles. The first kappa shape index (κ1) is 15.5. The van der Waals surface area contributed by atoms with E-state index in [-0.39, 0.29) is 11.8 Å². The van der Waals surface area contributed by atoms with Gasteiger partial charge in [0.05, 0.1) is 0 Å². The number of amides is 1. The van der Waals surface area contributed by atoms with Crippen LogP contribution >= 0.6 is 0 Å². The molecule has 3 rings (SSSR count). The molecule has 2 aromatic heterocycles. The van der Waals surface area contributed by atoms with E-state index in [4.69, 9.17) is 0 Å². The molecule has 0 saturated heterocycles. The van der Waals surface area contributed by atoms with Gasteiger partial charge < -0.3 is 10.6 Å². The molecule has 1 aliphatic rings. The van der Waals surface area contributed by atoms with Crippen LogP contribution in [0.25, 0.3) is 5.82 Å². The van der Waals surface area contributed by atoms with Gasteiger partial charge in [0, 0.05) is 37.5 Å². The fourth-order valence-corrected chi connectivity index (χ4v) is 2.86. The number of carbonyl (C=O) groups excluding carboxylic acids is 1. The third kappa shape index (κ3) is 4.28. The summed E-state index contributed by atoms with van der Waals surface area (Å²) in [5, 5.41) is 10.3. The number of anilines is 1. The van der Waals surface area contributed by atoms with Gasteiger partial charge in [-0.15, -0.1) is 0 Å². The van der Waals surface area contributed by atoms with Crippen molar-refractivity contribution in [3.8, 4) is 5.82 Å². The SMILES string of the molecule is O=C(NCCNc1cc(-n2cccn2)ncn1)C1CCCCC1. The quantitative estimate of drug-likeness (QED) is 0.794. The van der Waals surface area contributed by atoms with Gasteiger partial charge in [-0.05, 0) is 18.9 Å². The lowest BCUT2D eigenvalue weighted by Crippen LogP contribution is -2.35. The number of nitrogens with zero attached hydrogens (tertiary/aromatic N) is 4. The van der Waals surface area contributed by atoms with Crippen LogP contribution in [0.15, 0.2) is 30.9 Å². The Morgan fingerprint density at radius 2 is 2.09 bits per heavy atom. The van der Waals surface area contributed by atoms with Crippen LogP contribution < -0.4 is 10.6 Å². The second kappa shape index (κ2) is 7.71. The molecule has 2 aromatic rings. The van der Waals surface area contributed by atoms with Crippen LogP contribution in [0, 0.1) is 5.92 Å². The van der Waals surface area contributed by atoms with Crippen molar-refractivity contribution in [3.63, 3.8) is 0 Å². The zero-order valence-corrected chi connectivity index (χ0v) is 13.1. The highest BCUT2D eigenvalue weighted by Crippen LogP contribution is 2.23. The Hall–Kier alpha value is -2.44. The molecule has 0 spiro atoms. The molecule has 0 bridgehead atoms. The summed E-state index contributed by atoms with van der Waals surface area (Å²) in [6.45, 7) is 1.23. The predicted octanol–water partition coefficient (Wildman–Crippen LogP) is 1.77. The Bertz CT molecular complexity index is 621. The van der Waals surface area contributed by atoms with Gasteiger partial charge in [0.2, 0.25) is 5.91 Å². The molecule has 122 valence electrons. The Morgan fingerprint density at radius 3 is 2.87 bits per heavy atom. The van der Waals surface area contributed by atoms with Gasteiger partial charge in [0.25, 0.3) is 0 Å². The Balaban J connectivity index is 1.44. The second-order valence-corrected chi connectivity index (χ2v) is 5.76. The lowest BCUT2D eigenvalue weighted by Gasteiger charge is -2.20. The summed E-state index contributed by atoms with van der Waals surface area (Å²) < 4.78 is 1.68. The molecule has 1 aliphatic carbocycles. The van der Waals surface area contributed by atoms with Gasteiger partial charge in [-0.1, -0.05) is 19.3 Å². The molecule has 2 N–H and O–H groups in total. The van der Waals surface area contributed by atoms with Crippen LogP contribution in [0.3, 0.4) is 0 Å². The van der Waals surface area contributed by atoms with Gasteiger partial charge in [-0.2, -0.15) is 5.10 Å². The molecule has 1 fully saturated rings. The highest BCUT2D eigenvalue weighted by Gasteiger charge is 2.20. The van der Waals surface area contributed by atoms with E-state index in [9.17, 15) is 4.79 Å². The molecule has 7 heteroatoms. The monoisotopic (exact) mass is 314 g/mol. The minimum absolute atomic E-state index is 0.186. The molecule has 23 heavy (non-hydrogen) atoms. The lowest BCUT2D eigenvalue weighted by atomic mass is 9.89. The predicted molar refractivity (Wildman–Crippen MR) is 87.2 cm³/mol. The number of hydrogen-bond donors (Lipinski definition) is 2. The van der Waals surface area contributed by atoms with Crippen molar-refractivity contribution in [2.75, 3.05) is 18.4 Å². The molecule has 0 radical (unpaired) electrons. The minimum atomic E-state index is 0.186. The largest absolute Gasteiger partial charge is 0.368 e. The van der Waals surface area contributed by atoms with Crippen LogP contribution in [0.1, 0.15) is 32.1 Å². The standard InChI is InChI=1S/C16H22N6O/c23-16(13-5-2-1-3-6-13)18-9-8-17-14-11-15(20-12-19-14)22-10-4-7-21-22/h4,7,10-13H,1-3,5-6,8-9H2,(H,18,23)(H,17,19,20). The molecule has 7 nitrogen and oxygen atoms in total. The number of carbonyl (C=O) groups is 1. The number of aromatic nitrogens is 4. The average molecular weight is 314 g/mol. The molecule has 0 aliphatic heterocycles. The maximum Gasteiger partial charge on any atom is 0.223 e. The Labute approximate surface area is 135 Å². The summed E-state index contributed by atoms with van der Waals surface area (Å²) in [4.78, 5) is 20.4. The van der Waals surface area contributed by atoms with Gasteiger partial charge in [0.1, 0.15) is 12.1 Å². The highest BCUT2D eigenvalue weighted by molar-refractivity contribution is 5.78. The summed E-state index contributed by atoms with van der Waals surface area (Å²) in [6, 6.07) is 3.67. The highest BCUT2D eigenvalue weighted by atomic mass is 16.1. The van der Waals surface area contributed by atoms with E-state index in [0.717, 1.165) is 18.7 Å². The van der Waals surface area contributed by atoms with E-state index in [0.29, 0.717) is 18.9 Å². The summed E-state index contributed by atoms with van der Waals surface area (Å²) in [7, 11) is 0. The average Bonchev–Trinajstić information content (AvgIpc) is 3.14. The fourth-order valence-electron chi connectivity index (χ4n) is 2.86. The third-order valence-corrected chi connectivity index (χ3v) is 4.10. The number of rotatable bonds is 6. The van der Waals surface area contributed by atoms with Crippen molar-refractivity contribution in [2.45, 2.75) is 32.1 Å². The maximum absolute atomic E-state index is 12.0. The second-order valence-electron chi connectivity index (χ2n) is 5.76. The van der Waals surface area contributed by atoms with E-state index in [1.54, 1.807) is 10.9 Å². The van der Waals surface area contributed by atoms with Crippen LogP contribution in [-0.4, -0.2) is 38.7 Å². The van der Waals surface area contributed by atoms with Crippen LogP contribution in [0.4, 0.5) is 5.82 Å². The van der Waals surface area contributed by atoms with Crippen molar-refractivity contribution < 1.29 is 4.79 Å². The van der Waals surface area contributed by atoms with Crippen LogP contribution in [0.5, 0.6) is 0 Å². The molecule has 0 unspecified atom stereocenters.